The number of piperazine rings is 1. The molecule has 7 nitrogen and oxygen atoms in total. The molecule has 1 saturated heterocycles. The van der Waals surface area contributed by atoms with Gasteiger partial charge in [-0.05, 0) is 36.8 Å². The lowest BCUT2D eigenvalue weighted by Crippen LogP contribution is -2.58. The Morgan fingerprint density at radius 3 is 2.56 bits per heavy atom. The molecular weight excluding hydrogens is 477 g/mol. The van der Waals surface area contributed by atoms with Crippen LogP contribution in [0.5, 0.6) is 5.75 Å². The first-order chi connectivity index (χ1) is 15.8. The third-order valence-electron chi connectivity index (χ3n) is 4.88. The minimum atomic E-state index is -5.17. The highest BCUT2D eigenvalue weighted by Gasteiger charge is 2.38. The van der Waals surface area contributed by atoms with Crippen LogP contribution >= 0.6 is 0 Å². The number of pyridine rings is 1. The molecule has 184 valence electrons. The van der Waals surface area contributed by atoms with E-state index in [4.69, 9.17) is 0 Å². The molecule has 2 heterocycles. The van der Waals surface area contributed by atoms with E-state index in [0.717, 1.165) is 29.2 Å². The maximum absolute atomic E-state index is 13.8. The number of aromatic nitrogens is 1. The van der Waals surface area contributed by atoms with Crippen molar-refractivity contribution >= 4 is 11.9 Å². The second-order valence-corrected chi connectivity index (χ2v) is 7.23. The van der Waals surface area contributed by atoms with Gasteiger partial charge in [0.05, 0.1) is 11.7 Å². The minimum absolute atomic E-state index is 0.0628. The maximum atomic E-state index is 13.8. The lowest BCUT2D eigenvalue weighted by atomic mass is 10.0. The number of nitrogens with one attached hydrogen (secondary N) is 2. The molecule has 14 heteroatoms. The van der Waals surface area contributed by atoms with Crippen LogP contribution in [0.15, 0.2) is 36.4 Å². The van der Waals surface area contributed by atoms with E-state index < -0.39 is 59.5 Å². The van der Waals surface area contributed by atoms with E-state index in [1.54, 1.807) is 0 Å². The lowest BCUT2D eigenvalue weighted by Gasteiger charge is -2.34. The van der Waals surface area contributed by atoms with Crippen LogP contribution in [0.25, 0.3) is 0 Å². The molecule has 1 aliphatic rings. The number of alkyl halides is 6. The second-order valence-electron chi connectivity index (χ2n) is 7.23. The SMILES string of the molecule is C[C@@H]1C(=O)NCCN1C(=O)N[C@@H](c1cccc(OC(F)(F)F)c1)c1ccc(F)c(C(F)(F)F)n1. The molecule has 1 aromatic heterocycles. The van der Waals surface area contributed by atoms with Gasteiger partial charge in [0, 0.05) is 13.1 Å². The number of rotatable bonds is 4. The smallest absolute Gasteiger partial charge is 0.406 e. The third-order valence-corrected chi connectivity index (χ3v) is 4.88. The maximum Gasteiger partial charge on any atom is 0.573 e. The molecule has 1 fully saturated rings. The molecule has 0 spiro atoms. The zero-order valence-corrected chi connectivity index (χ0v) is 17.3. The summed E-state index contributed by atoms with van der Waals surface area (Å²) >= 11 is 0. The van der Waals surface area contributed by atoms with E-state index in [1.807, 2.05) is 0 Å². The normalized spacial score (nSPS) is 17.7. The predicted molar refractivity (Wildman–Crippen MR) is 102 cm³/mol. The Bertz CT molecular complexity index is 1070. The summed E-state index contributed by atoms with van der Waals surface area (Å²) in [6, 6.07) is 2.13. The van der Waals surface area contributed by atoms with Gasteiger partial charge in [-0.3, -0.25) is 4.79 Å². The zero-order valence-electron chi connectivity index (χ0n) is 17.3. The van der Waals surface area contributed by atoms with Gasteiger partial charge in [0.1, 0.15) is 11.8 Å². The zero-order chi connectivity index (χ0) is 25.3. The largest absolute Gasteiger partial charge is 0.573 e. The monoisotopic (exact) mass is 494 g/mol. The molecule has 0 saturated carbocycles. The summed E-state index contributed by atoms with van der Waals surface area (Å²) in [5.74, 6) is -2.84. The molecule has 1 aromatic carbocycles. The number of urea groups is 1. The van der Waals surface area contributed by atoms with E-state index in [0.29, 0.717) is 6.07 Å². The molecule has 0 bridgehead atoms. The van der Waals surface area contributed by atoms with Crippen molar-refractivity contribution < 1.29 is 45.1 Å². The van der Waals surface area contributed by atoms with Crippen LogP contribution in [0, 0.1) is 5.82 Å². The number of carbonyl (C=O) groups is 2. The molecule has 2 N–H and O–H groups in total. The molecule has 1 aliphatic heterocycles. The fourth-order valence-corrected chi connectivity index (χ4v) is 3.30. The third kappa shape index (κ3) is 5.85. The van der Waals surface area contributed by atoms with Crippen LogP contribution in [-0.4, -0.2) is 47.3 Å². The predicted octanol–water partition coefficient (Wildman–Crippen LogP) is 3.76. The van der Waals surface area contributed by atoms with Gasteiger partial charge in [0.25, 0.3) is 0 Å². The number of amides is 3. The summed E-state index contributed by atoms with van der Waals surface area (Å²) in [6.45, 7) is 1.59. The summed E-state index contributed by atoms with van der Waals surface area (Å²) in [6.07, 6.45) is -10.2. The average molecular weight is 494 g/mol. The Hall–Kier alpha value is -3.58. The highest BCUT2D eigenvalue weighted by Crippen LogP contribution is 2.33. The highest BCUT2D eigenvalue weighted by atomic mass is 19.4. The molecule has 0 unspecified atom stereocenters. The van der Waals surface area contributed by atoms with Crippen LogP contribution in [0.3, 0.4) is 0 Å². The molecule has 0 aliphatic carbocycles. The van der Waals surface area contributed by atoms with Gasteiger partial charge in [0.15, 0.2) is 11.5 Å². The number of hydrogen-bond acceptors (Lipinski definition) is 4. The van der Waals surface area contributed by atoms with Crippen molar-refractivity contribution in [3.05, 3.63) is 59.2 Å². The quantitative estimate of drug-likeness (QED) is 0.635. The van der Waals surface area contributed by atoms with E-state index in [-0.39, 0.29) is 18.7 Å². The van der Waals surface area contributed by atoms with Crippen molar-refractivity contribution in [1.29, 1.82) is 0 Å². The summed E-state index contributed by atoms with van der Waals surface area (Å²) in [4.78, 5) is 29.1. The first-order valence-corrected chi connectivity index (χ1v) is 9.70. The van der Waals surface area contributed by atoms with Crippen molar-refractivity contribution in [3.63, 3.8) is 0 Å². The molecule has 3 rings (SSSR count). The number of hydrogen-bond donors (Lipinski definition) is 2. The molecule has 3 amide bonds. The number of carbonyl (C=O) groups excluding carboxylic acids is 2. The molecule has 2 aromatic rings. The lowest BCUT2D eigenvalue weighted by molar-refractivity contribution is -0.274. The Labute approximate surface area is 187 Å². The first kappa shape index (κ1) is 25.1. The molecule has 0 radical (unpaired) electrons. The highest BCUT2D eigenvalue weighted by molar-refractivity contribution is 5.88. The van der Waals surface area contributed by atoms with E-state index in [1.165, 1.54) is 13.0 Å². The van der Waals surface area contributed by atoms with Crippen molar-refractivity contribution in [2.24, 2.45) is 0 Å². The standard InChI is InChI=1S/C20H17F7N4O3/c1-10-17(32)28-7-8-31(10)18(33)30-15(11-3-2-4-12(9-11)34-20(25,26)27)14-6-5-13(21)16(29-14)19(22,23)24/h2-6,9-10,15H,7-8H2,1H3,(H,28,32)(H,30,33)/t10-,15+/m1/s1. The number of benzene rings is 1. The van der Waals surface area contributed by atoms with Crippen LogP contribution in [0.4, 0.5) is 35.5 Å². The van der Waals surface area contributed by atoms with Crippen molar-refractivity contribution in [1.82, 2.24) is 20.5 Å². The summed E-state index contributed by atoms with van der Waals surface area (Å²) in [5, 5.41) is 4.91. The van der Waals surface area contributed by atoms with Gasteiger partial charge in [-0.2, -0.15) is 13.2 Å². The van der Waals surface area contributed by atoms with Crippen LogP contribution in [0.2, 0.25) is 0 Å². The number of nitrogens with zero attached hydrogens (tertiary/aromatic N) is 2. The van der Waals surface area contributed by atoms with Gasteiger partial charge < -0.3 is 20.3 Å². The Morgan fingerprint density at radius 2 is 1.91 bits per heavy atom. The molecule has 34 heavy (non-hydrogen) atoms. The number of ether oxygens (including phenoxy) is 1. The summed E-state index contributed by atoms with van der Waals surface area (Å²) < 4.78 is 95.1. The van der Waals surface area contributed by atoms with E-state index >= 15 is 0 Å². The summed E-state index contributed by atoms with van der Waals surface area (Å²) in [5.41, 5.74) is -2.49. The Morgan fingerprint density at radius 1 is 1.21 bits per heavy atom. The van der Waals surface area contributed by atoms with Crippen LogP contribution < -0.4 is 15.4 Å². The van der Waals surface area contributed by atoms with Crippen LogP contribution in [0.1, 0.15) is 29.9 Å². The van der Waals surface area contributed by atoms with Gasteiger partial charge in [0.2, 0.25) is 5.91 Å². The van der Waals surface area contributed by atoms with Gasteiger partial charge in [-0.15, -0.1) is 13.2 Å². The fourth-order valence-electron chi connectivity index (χ4n) is 3.30. The Balaban J connectivity index is 2.03. The topological polar surface area (TPSA) is 83.6 Å². The molecule has 2 atom stereocenters. The van der Waals surface area contributed by atoms with Gasteiger partial charge in [-0.1, -0.05) is 12.1 Å². The first-order valence-electron chi connectivity index (χ1n) is 9.70. The van der Waals surface area contributed by atoms with E-state index in [2.05, 4.69) is 20.4 Å². The average Bonchev–Trinajstić information content (AvgIpc) is 2.72. The van der Waals surface area contributed by atoms with Crippen molar-refractivity contribution in [2.75, 3.05) is 13.1 Å². The minimum Gasteiger partial charge on any atom is -0.406 e. The van der Waals surface area contributed by atoms with E-state index in [9.17, 15) is 40.3 Å². The Kier molecular flexibility index (Phi) is 6.89. The second kappa shape index (κ2) is 9.35. The van der Waals surface area contributed by atoms with Crippen molar-refractivity contribution in [2.45, 2.75) is 31.5 Å². The molecular formula is C20H17F7N4O3. The van der Waals surface area contributed by atoms with Gasteiger partial charge in [-0.25, -0.2) is 14.2 Å². The number of halogens is 7. The van der Waals surface area contributed by atoms with Crippen molar-refractivity contribution in [3.8, 4) is 5.75 Å². The summed E-state index contributed by atoms with van der Waals surface area (Å²) in [7, 11) is 0. The fraction of sp³-hybridized carbons (Fsp3) is 0.350. The van der Waals surface area contributed by atoms with Gasteiger partial charge >= 0.3 is 18.6 Å². The van der Waals surface area contributed by atoms with Crippen LogP contribution in [-0.2, 0) is 11.0 Å².